The molecule has 0 saturated carbocycles. The maximum absolute atomic E-state index is 13.5. The lowest BCUT2D eigenvalue weighted by molar-refractivity contribution is -0.144. The van der Waals surface area contributed by atoms with E-state index in [0.29, 0.717) is 11.1 Å². The van der Waals surface area contributed by atoms with Crippen molar-refractivity contribution >= 4 is 36.5 Å². The summed E-state index contributed by atoms with van der Waals surface area (Å²) in [5.74, 6) is 1.01. The van der Waals surface area contributed by atoms with Gasteiger partial charge in [-0.3, -0.25) is 14.4 Å². The molecule has 0 aliphatic rings. The summed E-state index contributed by atoms with van der Waals surface area (Å²) >= 11 is 4.22. The third-order valence-electron chi connectivity index (χ3n) is 4.70. The fourth-order valence-corrected chi connectivity index (χ4v) is 3.48. The summed E-state index contributed by atoms with van der Waals surface area (Å²) in [6, 6.07) is 4.61. The van der Waals surface area contributed by atoms with Crippen molar-refractivity contribution in [2.45, 2.75) is 58.7 Å². The fourth-order valence-electron chi connectivity index (χ4n) is 3.24. The molecule has 2 atom stereocenters. The lowest BCUT2D eigenvalue weighted by atomic mass is 9.97. The van der Waals surface area contributed by atoms with E-state index < -0.39 is 41.6 Å². The Morgan fingerprint density at radius 1 is 1.17 bits per heavy atom. The van der Waals surface area contributed by atoms with Gasteiger partial charge in [0.15, 0.2) is 0 Å². The number of carbonyl (C=O) groups is 4. The molecule has 3 amide bonds. The molecule has 0 heterocycles. The normalized spacial score (nSPS) is 12.5. The molecule has 2 unspecified atom stereocenters. The zero-order chi connectivity index (χ0) is 26.6. The van der Waals surface area contributed by atoms with Gasteiger partial charge in [0.05, 0.1) is 13.0 Å². The molecule has 35 heavy (non-hydrogen) atoms. The Bertz CT molecular complexity index is 938. The molecule has 1 aromatic carbocycles. The number of terminal acetylenes is 1. The second-order valence-corrected chi connectivity index (χ2v) is 8.85. The summed E-state index contributed by atoms with van der Waals surface area (Å²) in [5.41, 5.74) is 0.118. The van der Waals surface area contributed by atoms with Crippen molar-refractivity contribution in [1.29, 1.82) is 0 Å². The average molecular weight is 506 g/mol. The van der Waals surface area contributed by atoms with E-state index in [4.69, 9.17) is 15.9 Å². The molecule has 0 aromatic heterocycles. The van der Waals surface area contributed by atoms with Gasteiger partial charge >= 0.3 is 12.1 Å². The first-order valence-electron chi connectivity index (χ1n) is 11.4. The molecule has 0 spiro atoms. The van der Waals surface area contributed by atoms with Gasteiger partial charge in [0.2, 0.25) is 11.8 Å². The van der Waals surface area contributed by atoms with Crippen molar-refractivity contribution in [1.82, 2.24) is 15.5 Å². The number of alkyl carbamates (subject to hydrolysis) is 1. The van der Waals surface area contributed by atoms with Crippen molar-refractivity contribution in [3.63, 3.8) is 0 Å². The Morgan fingerprint density at radius 2 is 1.83 bits per heavy atom. The number of likely N-dealkylation sites (N-methyl/N-ethyl adjacent to an activating group) is 1. The molecule has 1 aromatic rings. The highest BCUT2D eigenvalue weighted by Crippen LogP contribution is 2.25. The van der Waals surface area contributed by atoms with Crippen LogP contribution in [0.4, 0.5) is 4.79 Å². The Hall–Kier alpha value is -3.19. The summed E-state index contributed by atoms with van der Waals surface area (Å²) in [6.45, 7) is 8.90. The van der Waals surface area contributed by atoms with Crippen LogP contribution >= 0.6 is 12.6 Å². The molecule has 1 rings (SSSR count). The fraction of sp³-hybridized carbons (Fsp3) is 0.520. The molecule has 2 N–H and O–H groups in total. The minimum Gasteiger partial charge on any atom is -0.466 e. The van der Waals surface area contributed by atoms with Crippen LogP contribution in [0.5, 0.6) is 0 Å². The van der Waals surface area contributed by atoms with Crippen LogP contribution in [-0.4, -0.2) is 65.9 Å². The number of hydrogen-bond donors (Lipinski definition) is 3. The minimum atomic E-state index is -1.11. The molecule has 0 aliphatic heterocycles. The van der Waals surface area contributed by atoms with E-state index in [1.165, 1.54) is 4.90 Å². The summed E-state index contributed by atoms with van der Waals surface area (Å²) in [7, 11) is 0. The molecule has 192 valence electrons. The second-order valence-electron chi connectivity index (χ2n) is 8.49. The maximum Gasteiger partial charge on any atom is 0.408 e. The van der Waals surface area contributed by atoms with Gasteiger partial charge in [-0.25, -0.2) is 4.79 Å². The van der Waals surface area contributed by atoms with Crippen molar-refractivity contribution in [3.05, 3.63) is 35.4 Å². The van der Waals surface area contributed by atoms with E-state index in [1.807, 2.05) is 0 Å². The van der Waals surface area contributed by atoms with Crippen molar-refractivity contribution in [2.75, 3.05) is 25.4 Å². The lowest BCUT2D eigenvalue weighted by Gasteiger charge is -2.33. The highest BCUT2D eigenvalue weighted by atomic mass is 32.1. The number of amides is 3. The van der Waals surface area contributed by atoms with Crippen molar-refractivity contribution < 1.29 is 28.7 Å². The average Bonchev–Trinajstić information content (AvgIpc) is 2.79. The van der Waals surface area contributed by atoms with Crippen molar-refractivity contribution in [3.8, 4) is 12.3 Å². The Morgan fingerprint density at radius 3 is 2.37 bits per heavy atom. The van der Waals surface area contributed by atoms with Crippen LogP contribution in [0.15, 0.2) is 24.3 Å². The smallest absolute Gasteiger partial charge is 0.408 e. The number of hydrogen-bond acceptors (Lipinski definition) is 7. The number of nitrogens with zero attached hydrogens (tertiary/aromatic N) is 1. The molecule has 0 aliphatic carbocycles. The number of nitrogens with one attached hydrogen (secondary N) is 2. The Labute approximate surface area is 212 Å². The third kappa shape index (κ3) is 9.53. The van der Waals surface area contributed by atoms with Gasteiger partial charge in [0, 0.05) is 24.4 Å². The van der Waals surface area contributed by atoms with Crippen LogP contribution in [0.1, 0.15) is 58.2 Å². The summed E-state index contributed by atoms with van der Waals surface area (Å²) in [6.07, 6.45) is 4.86. The van der Waals surface area contributed by atoms with Gasteiger partial charge < -0.3 is 25.0 Å². The van der Waals surface area contributed by atoms with Crippen LogP contribution in [0.2, 0.25) is 0 Å². The number of benzene rings is 1. The summed E-state index contributed by atoms with van der Waals surface area (Å²) < 4.78 is 10.1. The van der Waals surface area contributed by atoms with Gasteiger partial charge in [-0.1, -0.05) is 24.1 Å². The van der Waals surface area contributed by atoms with E-state index in [1.54, 1.807) is 58.9 Å². The molecular formula is C25H35N3O6S. The number of rotatable bonds is 11. The molecule has 10 heteroatoms. The second kappa shape index (κ2) is 14.3. The van der Waals surface area contributed by atoms with Crippen LogP contribution in [0, 0.1) is 12.3 Å². The monoisotopic (exact) mass is 505 g/mol. The van der Waals surface area contributed by atoms with Crippen LogP contribution in [0.25, 0.3) is 0 Å². The molecule has 0 fully saturated rings. The van der Waals surface area contributed by atoms with Gasteiger partial charge in [0.25, 0.3) is 0 Å². The SMILES string of the molecule is C#Cc1ccccc1C(C(=O)NCCC(=O)OCC)N(CC)C(=O)C(CS)NC(=O)OC(C)(C)C. The first kappa shape index (κ1) is 29.8. The quantitative estimate of drug-likeness (QED) is 0.242. The van der Waals surface area contributed by atoms with Crippen LogP contribution in [0.3, 0.4) is 0 Å². The molecule has 9 nitrogen and oxygen atoms in total. The Balaban J connectivity index is 3.26. The van der Waals surface area contributed by atoms with Gasteiger partial charge in [-0.05, 0) is 46.2 Å². The topological polar surface area (TPSA) is 114 Å². The Kier molecular flexibility index (Phi) is 12.2. The molecule has 0 saturated heterocycles. The van der Waals surface area contributed by atoms with E-state index >= 15 is 0 Å². The summed E-state index contributed by atoms with van der Waals surface area (Å²) in [5, 5.41) is 5.21. The highest BCUT2D eigenvalue weighted by molar-refractivity contribution is 7.80. The minimum absolute atomic E-state index is 0.0181. The summed E-state index contributed by atoms with van der Waals surface area (Å²) in [4.78, 5) is 52.1. The van der Waals surface area contributed by atoms with E-state index in [-0.39, 0.29) is 31.9 Å². The van der Waals surface area contributed by atoms with E-state index in [0.717, 1.165) is 0 Å². The maximum atomic E-state index is 13.5. The third-order valence-corrected chi connectivity index (χ3v) is 5.07. The predicted octanol–water partition coefficient (Wildman–Crippen LogP) is 2.45. The number of thiol groups is 1. The molecule has 0 bridgehead atoms. The first-order valence-corrected chi connectivity index (χ1v) is 12.0. The highest BCUT2D eigenvalue weighted by Gasteiger charge is 2.35. The van der Waals surface area contributed by atoms with E-state index in [2.05, 4.69) is 29.2 Å². The van der Waals surface area contributed by atoms with Crippen molar-refractivity contribution in [2.24, 2.45) is 0 Å². The predicted molar refractivity (Wildman–Crippen MR) is 136 cm³/mol. The number of esters is 1. The van der Waals surface area contributed by atoms with Crippen LogP contribution in [-0.2, 0) is 23.9 Å². The standard InChI is InChI=1S/C25H35N3O6S/c1-7-17-12-10-11-13-18(17)21(22(30)26-15-14-20(29)33-9-3)28(8-2)23(31)19(16-35)27-24(32)34-25(4,5)6/h1,10-13,19,21,35H,8-9,14-16H2,2-6H3,(H,26,30)(H,27,32). The van der Waals surface area contributed by atoms with Gasteiger partial charge in [0.1, 0.15) is 17.7 Å². The molecular weight excluding hydrogens is 470 g/mol. The van der Waals surface area contributed by atoms with E-state index in [9.17, 15) is 19.2 Å². The van der Waals surface area contributed by atoms with Gasteiger partial charge in [-0.2, -0.15) is 12.6 Å². The lowest BCUT2D eigenvalue weighted by Crippen LogP contribution is -2.54. The van der Waals surface area contributed by atoms with Crippen LogP contribution < -0.4 is 10.6 Å². The first-order chi connectivity index (χ1) is 16.5. The zero-order valence-corrected chi connectivity index (χ0v) is 21.8. The largest absolute Gasteiger partial charge is 0.466 e. The number of carbonyl (C=O) groups excluding carboxylic acids is 4. The zero-order valence-electron chi connectivity index (χ0n) is 20.9. The molecule has 0 radical (unpaired) electrons. The number of ether oxygens (including phenoxy) is 2. The van der Waals surface area contributed by atoms with Gasteiger partial charge in [-0.15, -0.1) is 6.42 Å².